The van der Waals surface area contributed by atoms with Crippen LogP contribution in [0.15, 0.2) is 48.8 Å². The molecular weight excluding hydrogens is 250 g/mol. The summed E-state index contributed by atoms with van der Waals surface area (Å²) in [5, 5.41) is 7.32. The molecule has 0 radical (unpaired) electrons. The van der Waals surface area contributed by atoms with Crippen molar-refractivity contribution in [1.82, 2.24) is 4.98 Å². The zero-order chi connectivity index (χ0) is 14.2. The normalized spacial score (nSPS) is 10.4. The Balaban J connectivity index is 1.67. The van der Waals surface area contributed by atoms with Crippen molar-refractivity contribution in [2.45, 2.75) is 19.4 Å². The molecule has 0 atom stereocenters. The van der Waals surface area contributed by atoms with Gasteiger partial charge in [0.1, 0.15) is 5.84 Å². The molecule has 4 nitrogen and oxygen atoms in total. The minimum atomic E-state index is 0.0924. The molecule has 0 saturated heterocycles. The number of nitrogen functional groups attached to an aromatic ring is 1. The molecule has 2 rings (SSSR count). The van der Waals surface area contributed by atoms with Gasteiger partial charge in [-0.15, -0.1) is 0 Å². The van der Waals surface area contributed by atoms with Gasteiger partial charge < -0.3 is 10.5 Å². The molecule has 0 saturated carbocycles. The number of ether oxygens (including phenoxy) is 1. The maximum absolute atomic E-state index is 7.32. The highest BCUT2D eigenvalue weighted by Gasteiger charge is 1.98. The second-order valence-corrected chi connectivity index (χ2v) is 4.62. The number of nitrogens with zero attached hydrogens (tertiary/aromatic N) is 1. The fourth-order valence-corrected chi connectivity index (χ4v) is 1.90. The number of rotatable bonds is 7. The predicted octanol–water partition coefficient (Wildman–Crippen LogP) is 2.52. The van der Waals surface area contributed by atoms with Gasteiger partial charge in [-0.25, -0.2) is 0 Å². The molecule has 0 bridgehead atoms. The molecule has 0 aliphatic rings. The van der Waals surface area contributed by atoms with Crippen molar-refractivity contribution in [3.63, 3.8) is 0 Å². The van der Waals surface area contributed by atoms with Crippen molar-refractivity contribution >= 4 is 5.84 Å². The van der Waals surface area contributed by atoms with E-state index in [2.05, 4.69) is 4.98 Å². The summed E-state index contributed by atoms with van der Waals surface area (Å²) in [4.78, 5) is 3.99. The molecule has 3 N–H and O–H groups in total. The summed E-state index contributed by atoms with van der Waals surface area (Å²) in [6.45, 7) is 1.32. The van der Waals surface area contributed by atoms with E-state index >= 15 is 0 Å². The Bertz CT molecular complexity index is 537. The van der Waals surface area contributed by atoms with Crippen LogP contribution in [0.2, 0.25) is 0 Å². The lowest BCUT2D eigenvalue weighted by molar-refractivity contribution is 0.118. The van der Waals surface area contributed by atoms with Crippen LogP contribution in [0.5, 0.6) is 0 Å². The van der Waals surface area contributed by atoms with Gasteiger partial charge in [-0.1, -0.05) is 24.3 Å². The van der Waals surface area contributed by atoms with E-state index < -0.39 is 0 Å². The average molecular weight is 269 g/mol. The van der Waals surface area contributed by atoms with Gasteiger partial charge in [-0.2, -0.15) is 0 Å². The van der Waals surface area contributed by atoms with E-state index in [1.54, 1.807) is 0 Å². The summed E-state index contributed by atoms with van der Waals surface area (Å²) in [5.41, 5.74) is 8.53. The minimum absolute atomic E-state index is 0.0924. The summed E-state index contributed by atoms with van der Waals surface area (Å²) < 4.78 is 5.64. The van der Waals surface area contributed by atoms with Crippen molar-refractivity contribution in [3.05, 3.63) is 65.5 Å². The first-order valence-electron chi connectivity index (χ1n) is 6.65. The largest absolute Gasteiger partial charge is 0.384 e. The molecule has 1 aromatic heterocycles. The molecule has 0 aliphatic carbocycles. The zero-order valence-electron chi connectivity index (χ0n) is 11.4. The first-order valence-corrected chi connectivity index (χ1v) is 6.65. The lowest BCUT2D eigenvalue weighted by Gasteiger charge is -2.05. The molecule has 2 aromatic rings. The van der Waals surface area contributed by atoms with Crippen LogP contribution < -0.4 is 5.73 Å². The molecule has 0 amide bonds. The Labute approximate surface area is 119 Å². The molecule has 1 heterocycles. The summed E-state index contributed by atoms with van der Waals surface area (Å²) in [5.74, 6) is 0.0924. The van der Waals surface area contributed by atoms with E-state index in [0.29, 0.717) is 6.61 Å². The molecule has 0 unspecified atom stereocenters. The number of pyridine rings is 1. The van der Waals surface area contributed by atoms with Crippen LogP contribution in [-0.2, 0) is 17.8 Å². The molecule has 0 fully saturated rings. The zero-order valence-corrected chi connectivity index (χ0v) is 11.4. The third kappa shape index (κ3) is 4.48. The number of hydrogen-bond acceptors (Lipinski definition) is 3. The second kappa shape index (κ2) is 7.40. The van der Waals surface area contributed by atoms with Gasteiger partial charge in [-0.05, 0) is 36.1 Å². The summed E-state index contributed by atoms with van der Waals surface area (Å²) in [7, 11) is 0. The molecule has 20 heavy (non-hydrogen) atoms. The van der Waals surface area contributed by atoms with Crippen LogP contribution in [0.1, 0.15) is 23.1 Å². The Kier molecular flexibility index (Phi) is 5.26. The molecule has 4 heteroatoms. The Morgan fingerprint density at radius 3 is 2.40 bits per heavy atom. The Hall–Kier alpha value is -2.20. The van der Waals surface area contributed by atoms with Crippen LogP contribution >= 0.6 is 0 Å². The standard InChI is InChI=1S/C16H19N3O/c17-16(18)15-5-3-14(4-6-15)12-20-11-1-2-13-7-9-19-10-8-13/h3-10H,1-2,11-12H2,(H3,17,18). The van der Waals surface area contributed by atoms with Gasteiger partial charge in [-0.3, -0.25) is 10.4 Å². The number of benzene rings is 1. The molecule has 0 aliphatic heterocycles. The summed E-state index contributed by atoms with van der Waals surface area (Å²) in [6, 6.07) is 11.6. The van der Waals surface area contributed by atoms with Crippen LogP contribution in [0.25, 0.3) is 0 Å². The fourth-order valence-electron chi connectivity index (χ4n) is 1.90. The van der Waals surface area contributed by atoms with Crippen LogP contribution in [-0.4, -0.2) is 17.4 Å². The van der Waals surface area contributed by atoms with Gasteiger partial charge in [0.15, 0.2) is 0 Å². The predicted molar refractivity (Wildman–Crippen MR) is 79.7 cm³/mol. The van der Waals surface area contributed by atoms with Crippen LogP contribution in [0.3, 0.4) is 0 Å². The number of hydrogen-bond donors (Lipinski definition) is 2. The SMILES string of the molecule is N=C(N)c1ccc(COCCCc2ccncc2)cc1. The molecule has 1 aromatic carbocycles. The number of aromatic nitrogens is 1. The second-order valence-electron chi connectivity index (χ2n) is 4.62. The molecular formula is C16H19N3O. The summed E-state index contributed by atoms with van der Waals surface area (Å²) in [6.07, 6.45) is 5.63. The highest BCUT2D eigenvalue weighted by atomic mass is 16.5. The maximum Gasteiger partial charge on any atom is 0.122 e. The first kappa shape index (κ1) is 14.2. The van der Waals surface area contributed by atoms with E-state index in [1.165, 1.54) is 5.56 Å². The average Bonchev–Trinajstić information content (AvgIpc) is 2.48. The van der Waals surface area contributed by atoms with Crippen molar-refractivity contribution in [3.8, 4) is 0 Å². The highest BCUT2D eigenvalue weighted by Crippen LogP contribution is 2.06. The summed E-state index contributed by atoms with van der Waals surface area (Å²) >= 11 is 0. The van der Waals surface area contributed by atoms with Crippen molar-refractivity contribution in [1.29, 1.82) is 5.41 Å². The van der Waals surface area contributed by atoms with Crippen LogP contribution in [0.4, 0.5) is 0 Å². The van der Waals surface area contributed by atoms with Gasteiger partial charge in [0, 0.05) is 24.6 Å². The number of aryl methyl sites for hydroxylation is 1. The number of nitrogens with one attached hydrogen (secondary N) is 1. The molecule has 0 spiro atoms. The minimum Gasteiger partial charge on any atom is -0.384 e. The first-order chi connectivity index (χ1) is 9.75. The van der Waals surface area contributed by atoms with E-state index in [0.717, 1.165) is 30.6 Å². The van der Waals surface area contributed by atoms with E-state index in [1.807, 2.05) is 48.8 Å². The Morgan fingerprint density at radius 1 is 1.05 bits per heavy atom. The van der Waals surface area contributed by atoms with Gasteiger partial charge in [0.05, 0.1) is 6.61 Å². The number of amidine groups is 1. The van der Waals surface area contributed by atoms with Crippen molar-refractivity contribution in [2.75, 3.05) is 6.61 Å². The third-order valence-corrected chi connectivity index (χ3v) is 3.04. The van der Waals surface area contributed by atoms with E-state index in [9.17, 15) is 0 Å². The third-order valence-electron chi connectivity index (χ3n) is 3.04. The Morgan fingerprint density at radius 2 is 1.75 bits per heavy atom. The van der Waals surface area contributed by atoms with Crippen LogP contribution in [0, 0.1) is 5.41 Å². The van der Waals surface area contributed by atoms with Gasteiger partial charge >= 0.3 is 0 Å². The van der Waals surface area contributed by atoms with Gasteiger partial charge in [0.2, 0.25) is 0 Å². The van der Waals surface area contributed by atoms with E-state index in [-0.39, 0.29) is 5.84 Å². The monoisotopic (exact) mass is 269 g/mol. The highest BCUT2D eigenvalue weighted by molar-refractivity contribution is 5.94. The quantitative estimate of drug-likeness (QED) is 0.461. The fraction of sp³-hybridized carbons (Fsp3) is 0.250. The van der Waals surface area contributed by atoms with Crippen molar-refractivity contribution < 1.29 is 4.74 Å². The lowest BCUT2D eigenvalue weighted by atomic mass is 10.1. The topological polar surface area (TPSA) is 72.0 Å². The maximum atomic E-state index is 7.32. The lowest BCUT2D eigenvalue weighted by Crippen LogP contribution is -2.10. The number of nitrogens with two attached hydrogens (primary N) is 1. The van der Waals surface area contributed by atoms with Crippen molar-refractivity contribution in [2.24, 2.45) is 5.73 Å². The molecule has 104 valence electrons. The van der Waals surface area contributed by atoms with Gasteiger partial charge in [0.25, 0.3) is 0 Å². The van der Waals surface area contributed by atoms with E-state index in [4.69, 9.17) is 15.9 Å². The smallest absolute Gasteiger partial charge is 0.122 e.